The molecule has 0 bridgehead atoms. The molecule has 2 aromatic rings. The number of aromatic amines is 1. The minimum Gasteiger partial charge on any atom is -0.383 e. The topological polar surface area (TPSA) is 114 Å². The molecule has 144 valence electrons. The number of amides is 1. The van der Waals surface area contributed by atoms with Crippen LogP contribution in [-0.4, -0.2) is 60.3 Å². The van der Waals surface area contributed by atoms with Gasteiger partial charge in [-0.25, -0.2) is 4.79 Å². The first-order chi connectivity index (χ1) is 13.0. The number of nitrogen functional groups attached to an aromatic ring is 1. The molecule has 0 radical (unpaired) electrons. The maximum absolute atomic E-state index is 12.6. The summed E-state index contributed by atoms with van der Waals surface area (Å²) in [6, 6.07) is 9.27. The molecule has 2 heterocycles. The highest BCUT2D eigenvalue weighted by atomic mass is 16.5. The van der Waals surface area contributed by atoms with Gasteiger partial charge in [-0.2, -0.15) is 0 Å². The normalized spacial score (nSPS) is 14.9. The number of morpholine rings is 1. The minimum absolute atomic E-state index is 0.0243. The third kappa shape index (κ3) is 4.26. The highest BCUT2D eigenvalue weighted by Crippen LogP contribution is 2.16. The van der Waals surface area contributed by atoms with Gasteiger partial charge in [-0.05, 0) is 5.56 Å². The van der Waals surface area contributed by atoms with E-state index in [1.54, 1.807) is 0 Å². The van der Waals surface area contributed by atoms with Crippen LogP contribution in [0.25, 0.3) is 0 Å². The summed E-state index contributed by atoms with van der Waals surface area (Å²) >= 11 is 0. The second-order valence-electron chi connectivity index (χ2n) is 6.41. The lowest BCUT2D eigenvalue weighted by atomic mass is 10.2. The highest BCUT2D eigenvalue weighted by molar-refractivity contribution is 5.96. The van der Waals surface area contributed by atoms with Crippen LogP contribution in [0.3, 0.4) is 0 Å². The molecule has 0 atom stereocenters. The smallest absolute Gasteiger partial charge is 0.330 e. The molecule has 0 spiro atoms. The number of aromatic nitrogens is 2. The quantitative estimate of drug-likeness (QED) is 0.728. The average molecular weight is 373 g/mol. The predicted octanol–water partition coefficient (Wildman–Crippen LogP) is -0.538. The number of carbonyl (C=O) groups is 1. The zero-order valence-electron chi connectivity index (χ0n) is 15.2. The van der Waals surface area contributed by atoms with Crippen LogP contribution in [0.15, 0.2) is 39.9 Å². The van der Waals surface area contributed by atoms with Crippen LogP contribution in [-0.2, 0) is 16.1 Å². The summed E-state index contributed by atoms with van der Waals surface area (Å²) in [6.07, 6.45) is 0. The van der Waals surface area contributed by atoms with Crippen LogP contribution in [0.5, 0.6) is 0 Å². The van der Waals surface area contributed by atoms with Crippen molar-refractivity contribution in [1.82, 2.24) is 14.5 Å². The van der Waals surface area contributed by atoms with Gasteiger partial charge >= 0.3 is 5.69 Å². The zero-order chi connectivity index (χ0) is 19.4. The number of anilines is 2. The number of carbonyl (C=O) groups excluding carboxylic acids is 1. The summed E-state index contributed by atoms with van der Waals surface area (Å²) < 4.78 is 6.53. The van der Waals surface area contributed by atoms with Gasteiger partial charge in [-0.15, -0.1) is 0 Å². The monoisotopic (exact) mass is 373 g/mol. The summed E-state index contributed by atoms with van der Waals surface area (Å²) in [7, 11) is 1.49. The number of hydrogen-bond acceptors (Lipinski definition) is 6. The van der Waals surface area contributed by atoms with Crippen molar-refractivity contribution < 1.29 is 9.53 Å². The van der Waals surface area contributed by atoms with Crippen molar-refractivity contribution in [3.05, 3.63) is 56.7 Å². The van der Waals surface area contributed by atoms with Crippen molar-refractivity contribution in [2.45, 2.75) is 6.54 Å². The van der Waals surface area contributed by atoms with E-state index in [2.05, 4.69) is 4.98 Å². The Bertz CT molecular complexity index is 916. The van der Waals surface area contributed by atoms with E-state index in [1.165, 1.54) is 16.5 Å². The largest absolute Gasteiger partial charge is 0.383 e. The van der Waals surface area contributed by atoms with Gasteiger partial charge in [0.2, 0.25) is 5.91 Å². The van der Waals surface area contributed by atoms with Crippen molar-refractivity contribution in [2.75, 3.05) is 50.5 Å². The summed E-state index contributed by atoms with van der Waals surface area (Å²) in [5.41, 5.74) is 5.66. The molecule has 1 aromatic carbocycles. The van der Waals surface area contributed by atoms with Crippen LogP contribution < -0.4 is 21.9 Å². The van der Waals surface area contributed by atoms with Gasteiger partial charge in [0.1, 0.15) is 5.82 Å². The molecule has 1 aromatic heterocycles. The van der Waals surface area contributed by atoms with Gasteiger partial charge in [-0.1, -0.05) is 30.3 Å². The molecule has 9 heteroatoms. The Morgan fingerprint density at radius 1 is 1.22 bits per heavy atom. The number of hydrogen-bond donors (Lipinski definition) is 2. The summed E-state index contributed by atoms with van der Waals surface area (Å²) in [6.45, 7) is 2.79. The van der Waals surface area contributed by atoms with Crippen LogP contribution >= 0.6 is 0 Å². The van der Waals surface area contributed by atoms with Crippen LogP contribution in [0, 0.1) is 0 Å². The van der Waals surface area contributed by atoms with Gasteiger partial charge in [0.05, 0.1) is 26.3 Å². The molecule has 0 saturated carbocycles. The minimum atomic E-state index is -0.681. The van der Waals surface area contributed by atoms with Gasteiger partial charge < -0.3 is 15.4 Å². The standard InChI is InChI=1S/C18H23N5O4/c1-21(14(24)12-22-7-9-27-10-8-22)15-16(19)23(18(26)20-17(15)25)11-13-5-3-2-4-6-13/h2-6H,7-12,19H2,1H3,(H,20,25,26). The maximum Gasteiger partial charge on any atom is 0.330 e. The van der Waals surface area contributed by atoms with Gasteiger partial charge in [-0.3, -0.25) is 24.0 Å². The summed E-state index contributed by atoms with van der Waals surface area (Å²) in [4.78, 5) is 42.6. The number of nitrogens with one attached hydrogen (secondary N) is 1. The van der Waals surface area contributed by atoms with E-state index < -0.39 is 11.2 Å². The number of nitrogens with zero attached hydrogens (tertiary/aromatic N) is 3. The van der Waals surface area contributed by atoms with E-state index in [0.717, 1.165) is 5.56 Å². The second-order valence-corrected chi connectivity index (χ2v) is 6.41. The third-order valence-corrected chi connectivity index (χ3v) is 4.57. The Morgan fingerprint density at radius 2 is 1.89 bits per heavy atom. The number of benzene rings is 1. The fourth-order valence-corrected chi connectivity index (χ4v) is 3.01. The Morgan fingerprint density at radius 3 is 2.56 bits per heavy atom. The fourth-order valence-electron chi connectivity index (χ4n) is 3.01. The van der Waals surface area contributed by atoms with E-state index >= 15 is 0 Å². The Kier molecular flexibility index (Phi) is 5.72. The Hall–Kier alpha value is -2.91. The van der Waals surface area contributed by atoms with E-state index in [4.69, 9.17) is 10.5 Å². The molecule has 1 amide bonds. The third-order valence-electron chi connectivity index (χ3n) is 4.57. The number of likely N-dealkylation sites (N-methyl/N-ethyl adjacent to an activating group) is 1. The summed E-state index contributed by atoms with van der Waals surface area (Å²) in [5.74, 6) is -0.315. The lowest BCUT2D eigenvalue weighted by molar-refractivity contribution is -0.120. The second kappa shape index (κ2) is 8.19. The SMILES string of the molecule is CN(C(=O)CN1CCOCC1)c1c(N)n(Cc2ccccc2)c(=O)[nH]c1=O. The van der Waals surface area contributed by atoms with Crippen molar-refractivity contribution in [1.29, 1.82) is 0 Å². The van der Waals surface area contributed by atoms with Crippen molar-refractivity contribution in [3.8, 4) is 0 Å². The van der Waals surface area contributed by atoms with E-state index in [-0.39, 0.29) is 30.5 Å². The van der Waals surface area contributed by atoms with Crippen LogP contribution in [0.1, 0.15) is 5.56 Å². The Labute approximate surface area is 156 Å². The highest BCUT2D eigenvalue weighted by Gasteiger charge is 2.23. The first-order valence-electron chi connectivity index (χ1n) is 8.70. The molecule has 27 heavy (non-hydrogen) atoms. The predicted molar refractivity (Wildman–Crippen MR) is 102 cm³/mol. The molecule has 0 unspecified atom stereocenters. The lowest BCUT2D eigenvalue weighted by Crippen LogP contribution is -2.46. The molecule has 0 aliphatic carbocycles. The lowest BCUT2D eigenvalue weighted by Gasteiger charge is -2.28. The first kappa shape index (κ1) is 18.9. The molecule has 3 N–H and O–H groups in total. The molecule has 1 fully saturated rings. The molecule has 9 nitrogen and oxygen atoms in total. The molecule has 3 rings (SSSR count). The summed E-state index contributed by atoms with van der Waals surface area (Å²) in [5, 5.41) is 0. The zero-order valence-corrected chi connectivity index (χ0v) is 15.2. The Balaban J connectivity index is 1.87. The molecule has 1 aliphatic heterocycles. The number of nitrogens with two attached hydrogens (primary N) is 1. The number of H-pyrrole nitrogens is 1. The maximum atomic E-state index is 12.6. The molecular formula is C18H23N5O4. The van der Waals surface area contributed by atoms with Gasteiger partial charge in [0, 0.05) is 20.1 Å². The number of ether oxygens (including phenoxy) is 1. The van der Waals surface area contributed by atoms with Crippen molar-refractivity contribution in [2.24, 2.45) is 0 Å². The van der Waals surface area contributed by atoms with Crippen LogP contribution in [0.4, 0.5) is 11.5 Å². The van der Waals surface area contributed by atoms with E-state index in [9.17, 15) is 14.4 Å². The van der Waals surface area contributed by atoms with Gasteiger partial charge in [0.25, 0.3) is 5.56 Å². The van der Waals surface area contributed by atoms with Crippen LogP contribution in [0.2, 0.25) is 0 Å². The molecular weight excluding hydrogens is 350 g/mol. The van der Waals surface area contributed by atoms with Crippen molar-refractivity contribution in [3.63, 3.8) is 0 Å². The van der Waals surface area contributed by atoms with Crippen molar-refractivity contribution >= 4 is 17.4 Å². The fraction of sp³-hybridized carbons (Fsp3) is 0.389. The molecule has 1 saturated heterocycles. The number of rotatable bonds is 5. The van der Waals surface area contributed by atoms with E-state index in [1.807, 2.05) is 35.2 Å². The first-order valence-corrected chi connectivity index (χ1v) is 8.70. The van der Waals surface area contributed by atoms with E-state index in [0.29, 0.717) is 26.3 Å². The van der Waals surface area contributed by atoms with Gasteiger partial charge in [0.15, 0.2) is 5.69 Å². The molecule has 1 aliphatic rings. The average Bonchev–Trinajstić information content (AvgIpc) is 2.66.